The van der Waals surface area contributed by atoms with Crippen molar-refractivity contribution in [1.82, 2.24) is 6.15 Å². The van der Waals surface area contributed by atoms with Crippen molar-refractivity contribution in [2.24, 2.45) is 11.8 Å². The summed E-state index contributed by atoms with van der Waals surface area (Å²) in [5.74, 6) is -0.845. The van der Waals surface area contributed by atoms with Crippen LogP contribution in [0.5, 0.6) is 0 Å². The summed E-state index contributed by atoms with van der Waals surface area (Å²) in [7, 11) is 0. The first-order valence-corrected chi connectivity index (χ1v) is 8.84. The molecular weight excluding hydrogens is 262 g/mol. The zero-order valence-corrected chi connectivity index (χ0v) is 15.0. The van der Waals surface area contributed by atoms with E-state index in [1.54, 1.807) is 0 Å². The predicted molar refractivity (Wildman–Crippen MR) is 90.4 cm³/mol. The lowest BCUT2D eigenvalue weighted by Crippen LogP contribution is -2.35. The van der Waals surface area contributed by atoms with Gasteiger partial charge in [0.05, 0.1) is 0 Å². The van der Waals surface area contributed by atoms with E-state index in [4.69, 9.17) is 0 Å². The van der Waals surface area contributed by atoms with Gasteiger partial charge in [0.1, 0.15) is 0 Å². The zero-order valence-electron chi connectivity index (χ0n) is 15.0. The molecule has 3 heteroatoms. The van der Waals surface area contributed by atoms with Crippen molar-refractivity contribution in [3.05, 3.63) is 0 Å². The molecular formula is C18H39NO2. The Balaban J connectivity index is 0. The minimum atomic E-state index is -0.852. The molecule has 0 aliphatic carbocycles. The lowest BCUT2D eigenvalue weighted by molar-refractivity contribution is -0.313. The number of aliphatic carboxylic acids is 1. The van der Waals surface area contributed by atoms with E-state index in [0.717, 1.165) is 19.3 Å². The maximum Gasteiger partial charge on any atom is 0.0447 e. The van der Waals surface area contributed by atoms with E-state index in [9.17, 15) is 9.90 Å². The highest BCUT2D eigenvalue weighted by Gasteiger charge is 2.16. The standard InChI is InChI=1S/C18H36O2.H3N/c1-4-6-7-8-9-10-11-12-13-14-15-17(18(19)20)16(3)5-2;/h16-17H,4-15H2,1-3H3,(H,19,20);1H3/t16-,17-;/m0./s1. The first kappa shape index (κ1) is 22.7. The van der Waals surface area contributed by atoms with E-state index >= 15 is 0 Å². The summed E-state index contributed by atoms with van der Waals surface area (Å²) < 4.78 is 0. The first-order valence-electron chi connectivity index (χ1n) is 8.84. The molecule has 128 valence electrons. The molecule has 0 aromatic carbocycles. The Kier molecular flexibility index (Phi) is 17.1. The van der Waals surface area contributed by atoms with Crippen LogP contribution in [0.3, 0.4) is 0 Å². The summed E-state index contributed by atoms with van der Waals surface area (Å²) in [6, 6.07) is 0. The summed E-state index contributed by atoms with van der Waals surface area (Å²) in [6.45, 7) is 6.33. The largest absolute Gasteiger partial charge is 0.550 e. The summed E-state index contributed by atoms with van der Waals surface area (Å²) in [4.78, 5) is 11.1. The fourth-order valence-corrected chi connectivity index (χ4v) is 2.77. The van der Waals surface area contributed by atoms with Crippen molar-refractivity contribution in [2.45, 2.75) is 97.8 Å². The number of rotatable bonds is 14. The highest BCUT2D eigenvalue weighted by Crippen LogP contribution is 2.21. The Morgan fingerprint density at radius 3 is 1.67 bits per heavy atom. The number of unbranched alkanes of at least 4 members (excludes halogenated alkanes) is 9. The van der Waals surface area contributed by atoms with Gasteiger partial charge in [-0.05, 0) is 12.3 Å². The SMILES string of the molecule is CCCCCCCCCCCC[C@H](C(=O)[O-])[C@@H](C)CC.[NH4+]. The molecule has 0 bridgehead atoms. The van der Waals surface area contributed by atoms with Crippen LogP contribution in [-0.2, 0) is 4.79 Å². The van der Waals surface area contributed by atoms with Gasteiger partial charge in [0.25, 0.3) is 0 Å². The molecule has 0 amide bonds. The molecule has 0 aromatic rings. The molecule has 0 rings (SSSR count). The van der Waals surface area contributed by atoms with Crippen LogP contribution in [0.25, 0.3) is 0 Å². The van der Waals surface area contributed by atoms with Gasteiger partial charge in [-0.2, -0.15) is 0 Å². The summed E-state index contributed by atoms with van der Waals surface area (Å²) >= 11 is 0. The second kappa shape index (κ2) is 15.8. The molecule has 2 atom stereocenters. The number of carboxylic acid groups (broad SMARTS) is 1. The molecule has 0 aromatic heterocycles. The molecule has 0 aliphatic heterocycles. The van der Waals surface area contributed by atoms with Gasteiger partial charge in [-0.25, -0.2) is 0 Å². The van der Waals surface area contributed by atoms with Gasteiger partial charge in [-0.15, -0.1) is 0 Å². The Morgan fingerprint density at radius 1 is 0.857 bits per heavy atom. The molecule has 0 heterocycles. The van der Waals surface area contributed by atoms with Gasteiger partial charge in [0, 0.05) is 11.9 Å². The van der Waals surface area contributed by atoms with E-state index < -0.39 is 5.97 Å². The van der Waals surface area contributed by atoms with Crippen LogP contribution >= 0.6 is 0 Å². The molecule has 0 unspecified atom stereocenters. The van der Waals surface area contributed by atoms with E-state index in [-0.39, 0.29) is 18.0 Å². The monoisotopic (exact) mass is 301 g/mol. The molecule has 3 nitrogen and oxygen atoms in total. The number of carbonyl (C=O) groups excluding carboxylic acids is 1. The van der Waals surface area contributed by atoms with Gasteiger partial charge in [-0.3, -0.25) is 0 Å². The third kappa shape index (κ3) is 12.9. The van der Waals surface area contributed by atoms with Crippen LogP contribution in [0, 0.1) is 11.8 Å². The van der Waals surface area contributed by atoms with Gasteiger partial charge in [0.15, 0.2) is 0 Å². The molecule has 0 fully saturated rings. The maximum absolute atomic E-state index is 11.1. The number of carboxylic acids is 1. The van der Waals surface area contributed by atoms with E-state index in [1.807, 2.05) is 6.92 Å². The highest BCUT2D eigenvalue weighted by atomic mass is 16.4. The average Bonchev–Trinajstić information content (AvgIpc) is 2.43. The Hall–Kier alpha value is -0.570. The minimum absolute atomic E-state index is 0. The van der Waals surface area contributed by atoms with E-state index in [1.165, 1.54) is 57.8 Å². The van der Waals surface area contributed by atoms with Gasteiger partial charge < -0.3 is 16.1 Å². The molecule has 0 radical (unpaired) electrons. The third-order valence-electron chi connectivity index (χ3n) is 4.50. The quantitative estimate of drug-likeness (QED) is 0.454. The smallest absolute Gasteiger partial charge is 0.0447 e. The summed E-state index contributed by atoms with van der Waals surface area (Å²) in [5, 5.41) is 11.1. The summed E-state index contributed by atoms with van der Waals surface area (Å²) in [5.41, 5.74) is 0. The lowest BCUT2D eigenvalue weighted by Gasteiger charge is -2.23. The molecule has 0 aliphatic rings. The van der Waals surface area contributed by atoms with Gasteiger partial charge >= 0.3 is 0 Å². The van der Waals surface area contributed by atoms with Crippen LogP contribution in [-0.4, -0.2) is 5.97 Å². The topological polar surface area (TPSA) is 76.6 Å². The van der Waals surface area contributed by atoms with Crippen molar-refractivity contribution < 1.29 is 9.90 Å². The van der Waals surface area contributed by atoms with Crippen LogP contribution in [0.1, 0.15) is 97.8 Å². The molecule has 4 N–H and O–H groups in total. The number of hydrogen-bond donors (Lipinski definition) is 1. The molecule has 0 spiro atoms. The lowest BCUT2D eigenvalue weighted by atomic mass is 9.87. The van der Waals surface area contributed by atoms with Gasteiger partial charge in [0.2, 0.25) is 0 Å². The Labute approximate surface area is 132 Å². The number of hydrogen-bond acceptors (Lipinski definition) is 2. The fraction of sp³-hybridized carbons (Fsp3) is 0.944. The maximum atomic E-state index is 11.1. The van der Waals surface area contributed by atoms with Gasteiger partial charge in [-0.1, -0.05) is 91.4 Å². The highest BCUT2D eigenvalue weighted by molar-refractivity contribution is 5.67. The van der Waals surface area contributed by atoms with Crippen molar-refractivity contribution >= 4 is 5.97 Å². The van der Waals surface area contributed by atoms with E-state index in [0.29, 0.717) is 0 Å². The first-order chi connectivity index (χ1) is 9.63. The van der Waals surface area contributed by atoms with Crippen LogP contribution in [0.15, 0.2) is 0 Å². The van der Waals surface area contributed by atoms with Crippen LogP contribution in [0.4, 0.5) is 0 Å². The number of carbonyl (C=O) groups is 1. The Bertz CT molecular complexity index is 231. The Morgan fingerprint density at radius 2 is 1.29 bits per heavy atom. The molecule has 21 heavy (non-hydrogen) atoms. The second-order valence-electron chi connectivity index (χ2n) is 6.28. The van der Waals surface area contributed by atoms with Crippen molar-refractivity contribution in [3.63, 3.8) is 0 Å². The number of quaternary nitrogens is 1. The van der Waals surface area contributed by atoms with E-state index in [2.05, 4.69) is 13.8 Å². The van der Waals surface area contributed by atoms with Crippen LogP contribution < -0.4 is 11.3 Å². The average molecular weight is 302 g/mol. The van der Waals surface area contributed by atoms with Crippen molar-refractivity contribution in [2.75, 3.05) is 0 Å². The minimum Gasteiger partial charge on any atom is -0.550 e. The molecule has 0 saturated heterocycles. The third-order valence-corrected chi connectivity index (χ3v) is 4.50. The normalized spacial score (nSPS) is 13.5. The fourth-order valence-electron chi connectivity index (χ4n) is 2.77. The predicted octanol–water partition coefficient (Wildman–Crippen LogP) is 5.09. The van der Waals surface area contributed by atoms with Crippen LogP contribution in [0.2, 0.25) is 0 Å². The zero-order chi connectivity index (χ0) is 15.2. The van der Waals surface area contributed by atoms with Crippen molar-refractivity contribution in [1.29, 1.82) is 0 Å². The second-order valence-corrected chi connectivity index (χ2v) is 6.28. The molecule has 0 saturated carbocycles. The van der Waals surface area contributed by atoms with Crippen molar-refractivity contribution in [3.8, 4) is 0 Å². The summed E-state index contributed by atoms with van der Waals surface area (Å²) in [6.07, 6.45) is 14.7.